The van der Waals surface area contributed by atoms with E-state index in [1.54, 1.807) is 12.1 Å². The number of aliphatic hydroxyl groups is 2. The summed E-state index contributed by atoms with van der Waals surface area (Å²) in [6.07, 6.45) is -2.21. The zero-order valence-corrected chi connectivity index (χ0v) is 18.5. The first-order valence-corrected chi connectivity index (χ1v) is 11.0. The standard InChI is InChI=1S/C21H20N2O8S2/c22-19(23)21(20(30)31,13(24)17(28)32-15(26)11-7-3-1-4-8-11)14(25)18(29)33-16(27)12-9-5-2-6-10-12/h1-10,17-19,28-29H,22-23H2,(H,30,31)/t17-,18-/m0/s1. The summed E-state index contributed by atoms with van der Waals surface area (Å²) in [5.41, 5.74) is 3.13. The van der Waals surface area contributed by atoms with E-state index in [1.165, 1.54) is 48.5 Å². The summed E-state index contributed by atoms with van der Waals surface area (Å²) in [5.74, 6) is -5.57. The van der Waals surface area contributed by atoms with Gasteiger partial charge in [0.05, 0.1) is 6.17 Å². The molecule has 0 saturated heterocycles. The van der Waals surface area contributed by atoms with E-state index in [4.69, 9.17) is 11.5 Å². The molecule has 0 amide bonds. The van der Waals surface area contributed by atoms with Crippen LogP contribution in [-0.2, 0) is 14.4 Å². The molecule has 12 heteroatoms. The van der Waals surface area contributed by atoms with Gasteiger partial charge in [0, 0.05) is 11.1 Å². The average molecular weight is 493 g/mol. The van der Waals surface area contributed by atoms with Crippen molar-refractivity contribution in [3.63, 3.8) is 0 Å². The number of rotatable bonds is 10. The molecule has 0 spiro atoms. The van der Waals surface area contributed by atoms with Crippen molar-refractivity contribution < 1.29 is 39.3 Å². The van der Waals surface area contributed by atoms with Crippen LogP contribution in [0.25, 0.3) is 0 Å². The lowest BCUT2D eigenvalue weighted by molar-refractivity contribution is -0.164. The van der Waals surface area contributed by atoms with Gasteiger partial charge in [0.2, 0.25) is 15.6 Å². The third kappa shape index (κ3) is 5.74. The maximum absolute atomic E-state index is 12.9. The molecule has 33 heavy (non-hydrogen) atoms. The molecule has 0 bridgehead atoms. The van der Waals surface area contributed by atoms with Gasteiger partial charge in [-0.3, -0.25) is 24.0 Å². The summed E-state index contributed by atoms with van der Waals surface area (Å²) in [5, 5.41) is 28.7. The quantitative estimate of drug-likeness (QED) is 0.224. The van der Waals surface area contributed by atoms with E-state index >= 15 is 0 Å². The van der Waals surface area contributed by atoms with E-state index in [2.05, 4.69) is 0 Å². The van der Waals surface area contributed by atoms with E-state index in [0.29, 0.717) is 0 Å². The van der Waals surface area contributed by atoms with Crippen LogP contribution in [0.15, 0.2) is 60.7 Å². The first-order valence-electron chi connectivity index (χ1n) is 9.24. The van der Waals surface area contributed by atoms with Crippen LogP contribution in [0.3, 0.4) is 0 Å². The van der Waals surface area contributed by atoms with Gasteiger partial charge in [-0.1, -0.05) is 60.7 Å². The fraction of sp³-hybridized carbons (Fsp3) is 0.190. The number of carboxylic acids is 1. The summed E-state index contributed by atoms with van der Waals surface area (Å²) in [6, 6.07) is 14.9. The van der Waals surface area contributed by atoms with Gasteiger partial charge in [-0.25, -0.2) is 0 Å². The molecule has 7 N–H and O–H groups in total. The first-order chi connectivity index (χ1) is 15.5. The number of Topliss-reactive ketones (excluding diaryl/α,β-unsaturated/α-hetero) is 2. The Labute approximate surface area is 196 Å². The lowest BCUT2D eigenvalue weighted by Gasteiger charge is -2.32. The number of carboxylic acid groups (broad SMARTS) is 1. The highest BCUT2D eigenvalue weighted by molar-refractivity contribution is 8.15. The van der Waals surface area contributed by atoms with Crippen LogP contribution < -0.4 is 11.5 Å². The highest BCUT2D eigenvalue weighted by Gasteiger charge is 2.60. The second-order valence-corrected chi connectivity index (χ2v) is 8.72. The molecule has 2 atom stereocenters. The zero-order valence-electron chi connectivity index (χ0n) is 16.9. The highest BCUT2D eigenvalue weighted by Crippen LogP contribution is 2.33. The second-order valence-electron chi connectivity index (χ2n) is 6.61. The van der Waals surface area contributed by atoms with Crippen molar-refractivity contribution in [2.75, 3.05) is 0 Å². The molecule has 0 aromatic heterocycles. The number of carbonyl (C=O) groups excluding carboxylic acids is 4. The molecule has 0 saturated carbocycles. The Kier molecular flexibility index (Phi) is 9.05. The number of benzene rings is 2. The largest absolute Gasteiger partial charge is 0.480 e. The normalized spacial score (nSPS) is 13.2. The van der Waals surface area contributed by atoms with Crippen molar-refractivity contribution in [3.05, 3.63) is 71.8 Å². The van der Waals surface area contributed by atoms with E-state index < -0.39 is 50.2 Å². The number of ketones is 2. The minimum atomic E-state index is -3.33. The number of hydrogen-bond donors (Lipinski definition) is 5. The smallest absolute Gasteiger partial charge is 0.328 e. The van der Waals surface area contributed by atoms with Crippen LogP contribution in [0.2, 0.25) is 0 Å². The summed E-state index contributed by atoms with van der Waals surface area (Å²) in [7, 11) is 0. The fourth-order valence-corrected chi connectivity index (χ4v) is 4.32. The third-order valence-corrected chi connectivity index (χ3v) is 6.29. The number of aliphatic carboxylic acids is 1. The number of thioether (sulfide) groups is 2. The summed E-state index contributed by atoms with van der Waals surface area (Å²) in [6.45, 7) is 0. The number of aliphatic hydroxyl groups excluding tert-OH is 2. The first kappa shape index (κ1) is 26.4. The molecule has 10 nitrogen and oxygen atoms in total. The van der Waals surface area contributed by atoms with Crippen LogP contribution in [0.4, 0.5) is 0 Å². The molecule has 2 aromatic rings. The predicted molar refractivity (Wildman–Crippen MR) is 121 cm³/mol. The number of nitrogens with two attached hydrogens (primary N) is 2. The molecule has 0 aliphatic carbocycles. The van der Waals surface area contributed by atoms with Crippen molar-refractivity contribution in [1.82, 2.24) is 0 Å². The Morgan fingerprint density at radius 2 is 1.03 bits per heavy atom. The van der Waals surface area contributed by atoms with Crippen molar-refractivity contribution in [2.24, 2.45) is 16.9 Å². The minimum absolute atomic E-state index is 0.0474. The zero-order chi connectivity index (χ0) is 24.8. The molecular weight excluding hydrogens is 472 g/mol. The van der Waals surface area contributed by atoms with Crippen molar-refractivity contribution in [1.29, 1.82) is 0 Å². The Hall–Kier alpha value is -2.87. The third-order valence-electron chi connectivity index (χ3n) is 4.52. The van der Waals surface area contributed by atoms with Crippen LogP contribution in [0.5, 0.6) is 0 Å². The molecule has 2 rings (SSSR count). The van der Waals surface area contributed by atoms with E-state index in [-0.39, 0.29) is 34.7 Å². The molecule has 0 aliphatic heterocycles. The summed E-state index contributed by atoms with van der Waals surface area (Å²) < 4.78 is 0. The maximum Gasteiger partial charge on any atom is 0.328 e. The van der Waals surface area contributed by atoms with Crippen molar-refractivity contribution >= 4 is 51.3 Å². The van der Waals surface area contributed by atoms with Gasteiger partial charge in [0.25, 0.3) is 0 Å². The van der Waals surface area contributed by atoms with Crippen LogP contribution >= 0.6 is 23.5 Å². The summed E-state index contributed by atoms with van der Waals surface area (Å²) >= 11 is 0.0948. The van der Waals surface area contributed by atoms with Crippen LogP contribution in [0.1, 0.15) is 20.7 Å². The Bertz CT molecular complexity index is 975. The molecular formula is C21H20N2O8S2. The van der Waals surface area contributed by atoms with Crippen molar-refractivity contribution in [2.45, 2.75) is 17.0 Å². The Morgan fingerprint density at radius 1 is 0.697 bits per heavy atom. The van der Waals surface area contributed by atoms with Crippen LogP contribution in [-0.4, -0.2) is 60.1 Å². The van der Waals surface area contributed by atoms with Gasteiger partial charge in [-0.15, -0.1) is 0 Å². The van der Waals surface area contributed by atoms with Crippen LogP contribution in [0, 0.1) is 5.41 Å². The highest BCUT2D eigenvalue weighted by atomic mass is 32.2. The lowest BCUT2D eigenvalue weighted by Crippen LogP contribution is -2.65. The van der Waals surface area contributed by atoms with E-state index in [1.807, 2.05) is 0 Å². The molecule has 0 aliphatic rings. The minimum Gasteiger partial charge on any atom is -0.480 e. The SMILES string of the molecule is NC(N)C(C(=O)O)(C(=O)[C@@H](O)SC(=O)c1ccccc1)C(=O)[C@@H](O)SC(=O)c1ccccc1. The van der Waals surface area contributed by atoms with Gasteiger partial charge in [0.15, 0.2) is 22.4 Å². The van der Waals surface area contributed by atoms with Crippen molar-refractivity contribution in [3.8, 4) is 0 Å². The molecule has 0 radical (unpaired) electrons. The average Bonchev–Trinajstić information content (AvgIpc) is 2.79. The Morgan fingerprint density at radius 3 is 1.30 bits per heavy atom. The monoisotopic (exact) mass is 492 g/mol. The van der Waals surface area contributed by atoms with Gasteiger partial charge in [-0.2, -0.15) is 0 Å². The number of hydrogen-bond acceptors (Lipinski definition) is 11. The maximum atomic E-state index is 12.9. The molecule has 0 unspecified atom stereocenters. The van der Waals surface area contributed by atoms with E-state index in [0.717, 1.165) is 0 Å². The van der Waals surface area contributed by atoms with Gasteiger partial charge >= 0.3 is 5.97 Å². The molecule has 0 heterocycles. The predicted octanol–water partition coefficient (Wildman–Crippen LogP) is 0.223. The van der Waals surface area contributed by atoms with Gasteiger partial charge < -0.3 is 26.8 Å². The second kappa shape index (κ2) is 11.3. The lowest BCUT2D eigenvalue weighted by atomic mass is 9.76. The molecule has 174 valence electrons. The Balaban J connectivity index is 2.31. The fourth-order valence-electron chi connectivity index (χ4n) is 2.79. The van der Waals surface area contributed by atoms with Gasteiger partial charge in [-0.05, 0) is 23.5 Å². The molecule has 0 fully saturated rings. The summed E-state index contributed by atoms with van der Waals surface area (Å²) in [4.78, 5) is 62.5. The molecule has 2 aromatic carbocycles. The number of carbonyl (C=O) groups is 5. The van der Waals surface area contributed by atoms with E-state index in [9.17, 15) is 39.3 Å². The topological polar surface area (TPSA) is 198 Å². The van der Waals surface area contributed by atoms with Gasteiger partial charge in [0.1, 0.15) is 0 Å².